The van der Waals surface area contributed by atoms with Crippen molar-refractivity contribution in [2.75, 3.05) is 20.3 Å². The van der Waals surface area contributed by atoms with E-state index in [1.807, 2.05) is 20.8 Å². The molecule has 0 fully saturated rings. The number of hydrogen-bond acceptors (Lipinski definition) is 7. The topological polar surface area (TPSA) is 98.5 Å². The van der Waals surface area contributed by atoms with Crippen LogP contribution in [-0.2, 0) is 16.0 Å². The summed E-state index contributed by atoms with van der Waals surface area (Å²) in [6.45, 7) is 8.91. The lowest BCUT2D eigenvalue weighted by Crippen LogP contribution is -2.35. The fraction of sp³-hybridized carbons (Fsp3) is 0.800. The highest BCUT2D eigenvalue weighted by Gasteiger charge is 2.16. The maximum absolute atomic E-state index is 11.5. The maximum atomic E-state index is 11.5. The van der Waals surface area contributed by atoms with Gasteiger partial charge >= 0.3 is 6.09 Å². The van der Waals surface area contributed by atoms with E-state index in [0.717, 1.165) is 12.8 Å². The van der Waals surface area contributed by atoms with Crippen LogP contribution in [0.2, 0.25) is 0 Å². The summed E-state index contributed by atoms with van der Waals surface area (Å²) in [7, 11) is 1.66. The molecule has 0 aromatic carbocycles. The fourth-order valence-electron chi connectivity index (χ4n) is 1.95. The number of amides is 1. The van der Waals surface area contributed by atoms with Gasteiger partial charge in [0.15, 0.2) is 5.82 Å². The Morgan fingerprint density at radius 1 is 1.39 bits per heavy atom. The van der Waals surface area contributed by atoms with Gasteiger partial charge in [0.25, 0.3) is 0 Å². The van der Waals surface area contributed by atoms with Gasteiger partial charge in [-0.25, -0.2) is 4.79 Å². The van der Waals surface area contributed by atoms with Gasteiger partial charge in [0.2, 0.25) is 5.89 Å². The van der Waals surface area contributed by atoms with E-state index < -0.39 is 11.7 Å². The second-order valence-corrected chi connectivity index (χ2v) is 6.33. The molecule has 1 unspecified atom stereocenters. The summed E-state index contributed by atoms with van der Waals surface area (Å²) in [4.78, 5) is 15.7. The van der Waals surface area contributed by atoms with Crippen LogP contribution in [0.5, 0.6) is 0 Å². The highest BCUT2D eigenvalue weighted by molar-refractivity contribution is 5.67. The minimum Gasteiger partial charge on any atom is -0.444 e. The molecule has 1 amide bonds. The standard InChI is InChI=1S/C15H28N4O4/c1-11-18-13(19-23-11)9-17-12(10-21-5)7-6-8-16-14(20)22-15(2,3)4/h12,17H,6-10H2,1-5H3,(H,16,20). The van der Waals surface area contributed by atoms with Gasteiger partial charge < -0.3 is 24.6 Å². The largest absolute Gasteiger partial charge is 0.444 e. The van der Waals surface area contributed by atoms with Crippen molar-refractivity contribution in [3.63, 3.8) is 0 Å². The molecule has 1 aromatic heterocycles. The molecule has 0 aliphatic rings. The number of aryl methyl sites for hydroxylation is 1. The molecule has 8 heteroatoms. The average Bonchev–Trinajstić information content (AvgIpc) is 2.84. The van der Waals surface area contributed by atoms with E-state index in [2.05, 4.69) is 20.8 Å². The molecule has 0 aliphatic heterocycles. The number of rotatable bonds is 9. The van der Waals surface area contributed by atoms with Gasteiger partial charge in [0.05, 0.1) is 13.2 Å². The Morgan fingerprint density at radius 3 is 2.70 bits per heavy atom. The molecule has 2 N–H and O–H groups in total. The lowest BCUT2D eigenvalue weighted by Gasteiger charge is -2.20. The van der Waals surface area contributed by atoms with Crippen molar-refractivity contribution in [3.05, 3.63) is 11.7 Å². The number of ether oxygens (including phenoxy) is 2. The summed E-state index contributed by atoms with van der Waals surface area (Å²) in [5.74, 6) is 1.17. The van der Waals surface area contributed by atoms with E-state index in [1.54, 1.807) is 14.0 Å². The summed E-state index contributed by atoms with van der Waals surface area (Å²) in [5.41, 5.74) is -0.479. The summed E-state index contributed by atoms with van der Waals surface area (Å²) in [5, 5.41) is 9.91. The Bertz CT molecular complexity index is 470. The molecule has 0 saturated heterocycles. The van der Waals surface area contributed by atoms with Gasteiger partial charge in [-0.2, -0.15) is 4.98 Å². The molecule has 0 aliphatic carbocycles. The molecule has 23 heavy (non-hydrogen) atoms. The monoisotopic (exact) mass is 328 g/mol. The first kappa shape index (κ1) is 19.4. The number of alkyl carbamates (subject to hydrolysis) is 1. The quantitative estimate of drug-likeness (QED) is 0.667. The fourth-order valence-corrected chi connectivity index (χ4v) is 1.95. The van der Waals surface area contributed by atoms with Crippen LogP contribution in [0.15, 0.2) is 4.52 Å². The van der Waals surface area contributed by atoms with Gasteiger partial charge in [-0.05, 0) is 33.6 Å². The molecule has 0 saturated carbocycles. The van der Waals surface area contributed by atoms with Crippen molar-refractivity contribution >= 4 is 6.09 Å². The lowest BCUT2D eigenvalue weighted by atomic mass is 10.1. The molecule has 0 spiro atoms. The third-order valence-corrected chi connectivity index (χ3v) is 2.88. The number of nitrogens with zero attached hydrogens (tertiary/aromatic N) is 2. The van der Waals surface area contributed by atoms with E-state index in [-0.39, 0.29) is 6.04 Å². The predicted octanol–water partition coefficient (Wildman–Crippen LogP) is 1.79. The van der Waals surface area contributed by atoms with E-state index in [1.165, 1.54) is 0 Å². The van der Waals surface area contributed by atoms with Gasteiger partial charge in [-0.15, -0.1) is 0 Å². The minimum absolute atomic E-state index is 0.152. The molecule has 0 radical (unpaired) electrons. The second kappa shape index (κ2) is 9.46. The third kappa shape index (κ3) is 9.14. The average molecular weight is 328 g/mol. The van der Waals surface area contributed by atoms with Gasteiger partial charge in [0.1, 0.15) is 5.60 Å². The van der Waals surface area contributed by atoms with Crippen LogP contribution in [0.1, 0.15) is 45.3 Å². The van der Waals surface area contributed by atoms with Crippen LogP contribution >= 0.6 is 0 Å². The van der Waals surface area contributed by atoms with Crippen molar-refractivity contribution < 1.29 is 18.8 Å². The number of methoxy groups -OCH3 is 1. The zero-order valence-electron chi connectivity index (χ0n) is 14.6. The summed E-state index contributed by atoms with van der Waals surface area (Å²) in [6.07, 6.45) is 1.27. The first-order valence-corrected chi connectivity index (χ1v) is 7.78. The Labute approximate surface area is 137 Å². The zero-order valence-corrected chi connectivity index (χ0v) is 14.6. The van der Waals surface area contributed by atoms with E-state index in [9.17, 15) is 4.79 Å². The first-order valence-electron chi connectivity index (χ1n) is 7.78. The van der Waals surface area contributed by atoms with E-state index in [0.29, 0.717) is 31.4 Å². The molecular weight excluding hydrogens is 300 g/mol. The van der Waals surface area contributed by atoms with E-state index in [4.69, 9.17) is 14.0 Å². The summed E-state index contributed by atoms with van der Waals surface area (Å²) < 4.78 is 15.3. The minimum atomic E-state index is -0.479. The number of carbonyl (C=O) groups is 1. The molecule has 1 atom stereocenters. The normalized spacial score (nSPS) is 12.9. The zero-order chi connectivity index (χ0) is 17.3. The van der Waals surface area contributed by atoms with Gasteiger partial charge in [-0.3, -0.25) is 0 Å². The lowest BCUT2D eigenvalue weighted by molar-refractivity contribution is 0.0526. The Balaban J connectivity index is 2.23. The van der Waals surface area contributed by atoms with Gasteiger partial charge in [-0.1, -0.05) is 5.16 Å². The van der Waals surface area contributed by atoms with Crippen molar-refractivity contribution in [1.29, 1.82) is 0 Å². The summed E-state index contributed by atoms with van der Waals surface area (Å²) in [6, 6.07) is 0.152. The smallest absolute Gasteiger partial charge is 0.407 e. The van der Waals surface area contributed by atoms with Gasteiger partial charge in [0, 0.05) is 26.6 Å². The first-order chi connectivity index (χ1) is 10.8. The third-order valence-electron chi connectivity index (χ3n) is 2.88. The molecule has 1 heterocycles. The number of aromatic nitrogens is 2. The highest BCUT2D eigenvalue weighted by Crippen LogP contribution is 2.06. The molecular formula is C15H28N4O4. The molecule has 0 bridgehead atoms. The summed E-state index contributed by atoms with van der Waals surface area (Å²) >= 11 is 0. The van der Waals surface area contributed by atoms with E-state index >= 15 is 0 Å². The number of nitrogens with one attached hydrogen (secondary N) is 2. The Kier molecular flexibility index (Phi) is 7.97. The van der Waals surface area contributed by atoms with Crippen molar-refractivity contribution in [1.82, 2.24) is 20.8 Å². The SMILES string of the molecule is COCC(CCCNC(=O)OC(C)(C)C)NCc1noc(C)n1. The van der Waals surface area contributed by atoms with Crippen molar-refractivity contribution in [2.45, 2.75) is 58.7 Å². The highest BCUT2D eigenvalue weighted by atomic mass is 16.6. The maximum Gasteiger partial charge on any atom is 0.407 e. The molecule has 1 rings (SSSR count). The number of carbonyl (C=O) groups excluding carboxylic acids is 1. The van der Waals surface area contributed by atoms with Crippen molar-refractivity contribution in [3.8, 4) is 0 Å². The number of hydrogen-bond donors (Lipinski definition) is 2. The predicted molar refractivity (Wildman–Crippen MR) is 85.0 cm³/mol. The Morgan fingerprint density at radius 2 is 2.13 bits per heavy atom. The van der Waals surface area contributed by atoms with Crippen LogP contribution in [0, 0.1) is 6.92 Å². The van der Waals surface area contributed by atoms with Crippen LogP contribution < -0.4 is 10.6 Å². The van der Waals surface area contributed by atoms with Crippen LogP contribution in [0.25, 0.3) is 0 Å². The molecule has 1 aromatic rings. The van der Waals surface area contributed by atoms with Crippen molar-refractivity contribution in [2.24, 2.45) is 0 Å². The second-order valence-electron chi connectivity index (χ2n) is 6.33. The van der Waals surface area contributed by atoms with Crippen LogP contribution in [0.3, 0.4) is 0 Å². The van der Waals surface area contributed by atoms with Crippen LogP contribution in [0.4, 0.5) is 4.79 Å². The molecule has 132 valence electrons. The Hall–Kier alpha value is -1.67. The van der Waals surface area contributed by atoms with Crippen LogP contribution in [-0.4, -0.2) is 48.1 Å². The molecule has 8 nitrogen and oxygen atoms in total.